The number of benzene rings is 3. The molecule has 0 fully saturated rings. The minimum atomic E-state index is -0.366. The lowest BCUT2D eigenvalue weighted by molar-refractivity contribution is -0.129. The lowest BCUT2D eigenvalue weighted by Gasteiger charge is -2.10. The van der Waals surface area contributed by atoms with Crippen LogP contribution in [0.1, 0.15) is 6.92 Å². The van der Waals surface area contributed by atoms with Crippen molar-refractivity contribution in [3.63, 3.8) is 0 Å². The van der Waals surface area contributed by atoms with Gasteiger partial charge >= 0.3 is 5.97 Å². The van der Waals surface area contributed by atoms with Crippen LogP contribution in [0.5, 0.6) is 5.75 Å². The number of rotatable bonds is 4. The Labute approximate surface area is 142 Å². The lowest BCUT2D eigenvalue weighted by atomic mass is 9.95. The van der Waals surface area contributed by atoms with Crippen LogP contribution >= 0.6 is 0 Å². The van der Waals surface area contributed by atoms with Crippen molar-refractivity contribution < 1.29 is 9.53 Å². The Morgan fingerprint density at radius 2 is 1.29 bits per heavy atom. The van der Waals surface area contributed by atoms with Crippen LogP contribution in [0.25, 0.3) is 22.3 Å². The molecule has 2 nitrogen and oxygen atoms in total. The predicted octanol–water partition coefficient (Wildman–Crippen LogP) is 5.50. The third-order valence-electron chi connectivity index (χ3n) is 3.70. The van der Waals surface area contributed by atoms with Crippen molar-refractivity contribution in [3.05, 3.63) is 91.0 Å². The van der Waals surface area contributed by atoms with E-state index in [0.29, 0.717) is 5.75 Å². The van der Waals surface area contributed by atoms with Gasteiger partial charge in [0.05, 0.1) is 0 Å². The molecule has 0 saturated heterocycles. The van der Waals surface area contributed by atoms with Crippen molar-refractivity contribution in [3.8, 4) is 28.0 Å². The Bertz CT molecular complexity index is 847. The monoisotopic (exact) mass is 314 g/mol. The third kappa shape index (κ3) is 3.61. The number of ether oxygens (including phenoxy) is 1. The van der Waals surface area contributed by atoms with E-state index in [1.807, 2.05) is 54.6 Å². The summed E-state index contributed by atoms with van der Waals surface area (Å²) in [4.78, 5) is 11.5. The fourth-order valence-electron chi connectivity index (χ4n) is 2.59. The van der Waals surface area contributed by atoms with Gasteiger partial charge in [-0.1, -0.05) is 72.8 Å². The van der Waals surface area contributed by atoms with Crippen molar-refractivity contribution in [2.75, 3.05) is 0 Å². The number of carbonyl (C=O) groups is 1. The zero-order chi connectivity index (χ0) is 16.8. The molecule has 0 aliphatic carbocycles. The third-order valence-corrected chi connectivity index (χ3v) is 3.70. The van der Waals surface area contributed by atoms with Gasteiger partial charge in [0.15, 0.2) is 0 Å². The molecule has 118 valence electrons. The first kappa shape index (κ1) is 15.8. The van der Waals surface area contributed by atoms with Crippen LogP contribution in [-0.2, 0) is 4.79 Å². The van der Waals surface area contributed by atoms with Crippen LogP contribution < -0.4 is 4.74 Å². The van der Waals surface area contributed by atoms with Crippen molar-refractivity contribution in [2.24, 2.45) is 0 Å². The number of esters is 1. The summed E-state index contributed by atoms with van der Waals surface area (Å²) in [6.45, 7) is 1.78. The second kappa shape index (κ2) is 7.42. The topological polar surface area (TPSA) is 26.3 Å². The Morgan fingerprint density at radius 1 is 0.750 bits per heavy atom. The van der Waals surface area contributed by atoms with Gasteiger partial charge in [0, 0.05) is 6.08 Å². The molecule has 24 heavy (non-hydrogen) atoms. The highest BCUT2D eigenvalue weighted by Crippen LogP contribution is 2.32. The standard InChI is InChI=1S/C22H18O2/c1-2-8-22(23)24-19-15-13-18(14-16-19)21-12-7-6-11-20(21)17-9-4-3-5-10-17/h2-16H,1H3. The summed E-state index contributed by atoms with van der Waals surface area (Å²) in [5.74, 6) is 0.175. The van der Waals surface area contributed by atoms with E-state index in [9.17, 15) is 4.79 Å². The van der Waals surface area contributed by atoms with Crippen LogP contribution in [0.15, 0.2) is 91.0 Å². The number of allylic oxidation sites excluding steroid dienone is 1. The molecule has 3 aromatic rings. The van der Waals surface area contributed by atoms with Gasteiger partial charge in [-0.3, -0.25) is 0 Å². The van der Waals surface area contributed by atoms with Gasteiger partial charge in [0.25, 0.3) is 0 Å². The van der Waals surface area contributed by atoms with E-state index < -0.39 is 0 Å². The molecule has 0 aliphatic rings. The molecule has 0 amide bonds. The summed E-state index contributed by atoms with van der Waals surface area (Å²) in [7, 11) is 0. The van der Waals surface area contributed by atoms with E-state index in [2.05, 4.69) is 24.3 Å². The molecule has 0 unspecified atom stereocenters. The van der Waals surface area contributed by atoms with E-state index in [-0.39, 0.29) is 5.97 Å². The van der Waals surface area contributed by atoms with Crippen molar-refractivity contribution in [1.29, 1.82) is 0 Å². The van der Waals surface area contributed by atoms with Crippen LogP contribution in [0, 0.1) is 0 Å². The first-order valence-corrected chi connectivity index (χ1v) is 7.87. The van der Waals surface area contributed by atoms with Gasteiger partial charge in [-0.05, 0) is 41.3 Å². The van der Waals surface area contributed by atoms with Gasteiger partial charge < -0.3 is 4.74 Å². The van der Waals surface area contributed by atoms with Crippen LogP contribution in [0.2, 0.25) is 0 Å². The van der Waals surface area contributed by atoms with Gasteiger partial charge in [-0.15, -0.1) is 0 Å². The van der Waals surface area contributed by atoms with E-state index in [1.165, 1.54) is 17.2 Å². The lowest BCUT2D eigenvalue weighted by Crippen LogP contribution is -2.03. The highest BCUT2D eigenvalue weighted by molar-refractivity contribution is 5.85. The molecule has 3 aromatic carbocycles. The molecule has 0 radical (unpaired) electrons. The van der Waals surface area contributed by atoms with Crippen molar-refractivity contribution in [2.45, 2.75) is 6.92 Å². The predicted molar refractivity (Wildman–Crippen MR) is 97.8 cm³/mol. The highest BCUT2D eigenvalue weighted by atomic mass is 16.5. The van der Waals surface area contributed by atoms with Gasteiger partial charge in [0.1, 0.15) is 5.75 Å². The first-order chi connectivity index (χ1) is 11.8. The molecular formula is C22H18O2. The highest BCUT2D eigenvalue weighted by Gasteiger charge is 2.07. The second-order valence-electron chi connectivity index (χ2n) is 5.36. The van der Waals surface area contributed by atoms with Gasteiger partial charge in [0.2, 0.25) is 0 Å². The van der Waals surface area contributed by atoms with Crippen LogP contribution in [0.3, 0.4) is 0 Å². The van der Waals surface area contributed by atoms with Crippen molar-refractivity contribution >= 4 is 5.97 Å². The van der Waals surface area contributed by atoms with Gasteiger partial charge in [-0.25, -0.2) is 4.79 Å². The molecular weight excluding hydrogens is 296 g/mol. The molecule has 0 heterocycles. The maximum absolute atomic E-state index is 11.5. The average Bonchev–Trinajstić information content (AvgIpc) is 2.63. The Kier molecular flexibility index (Phi) is 4.87. The maximum atomic E-state index is 11.5. The van der Waals surface area contributed by atoms with E-state index in [0.717, 1.165) is 11.1 Å². The zero-order valence-electron chi connectivity index (χ0n) is 13.5. The SMILES string of the molecule is CC=CC(=O)Oc1ccc(-c2ccccc2-c2ccccc2)cc1. The molecule has 0 atom stereocenters. The number of carbonyl (C=O) groups excluding carboxylic acids is 1. The Balaban J connectivity index is 1.92. The van der Waals surface area contributed by atoms with E-state index in [1.54, 1.807) is 13.0 Å². The normalized spacial score (nSPS) is 10.7. The average molecular weight is 314 g/mol. The fraction of sp³-hybridized carbons (Fsp3) is 0.0455. The molecule has 0 bridgehead atoms. The van der Waals surface area contributed by atoms with Crippen LogP contribution in [-0.4, -0.2) is 5.97 Å². The quantitative estimate of drug-likeness (QED) is 0.361. The fourth-order valence-corrected chi connectivity index (χ4v) is 2.59. The molecule has 0 N–H and O–H groups in total. The minimum absolute atomic E-state index is 0.366. The second-order valence-corrected chi connectivity index (χ2v) is 5.36. The van der Waals surface area contributed by atoms with Gasteiger partial charge in [-0.2, -0.15) is 0 Å². The number of hydrogen-bond donors (Lipinski definition) is 0. The summed E-state index contributed by atoms with van der Waals surface area (Å²) in [6.07, 6.45) is 3.06. The van der Waals surface area contributed by atoms with Crippen molar-refractivity contribution in [1.82, 2.24) is 0 Å². The zero-order valence-corrected chi connectivity index (χ0v) is 13.5. The first-order valence-electron chi connectivity index (χ1n) is 7.87. The molecule has 0 aromatic heterocycles. The van der Waals surface area contributed by atoms with Crippen LogP contribution in [0.4, 0.5) is 0 Å². The Morgan fingerprint density at radius 3 is 1.88 bits per heavy atom. The molecule has 3 rings (SSSR count). The summed E-state index contributed by atoms with van der Waals surface area (Å²) in [6, 6.07) is 26.2. The summed E-state index contributed by atoms with van der Waals surface area (Å²) < 4.78 is 5.23. The maximum Gasteiger partial charge on any atom is 0.335 e. The minimum Gasteiger partial charge on any atom is -0.423 e. The molecule has 2 heteroatoms. The summed E-state index contributed by atoms with van der Waals surface area (Å²) in [5.41, 5.74) is 4.59. The largest absolute Gasteiger partial charge is 0.423 e. The molecule has 0 aliphatic heterocycles. The smallest absolute Gasteiger partial charge is 0.335 e. The number of hydrogen-bond acceptors (Lipinski definition) is 2. The van der Waals surface area contributed by atoms with E-state index >= 15 is 0 Å². The molecule has 0 saturated carbocycles. The summed E-state index contributed by atoms with van der Waals surface area (Å²) in [5, 5.41) is 0. The summed E-state index contributed by atoms with van der Waals surface area (Å²) >= 11 is 0. The van der Waals surface area contributed by atoms with E-state index in [4.69, 9.17) is 4.74 Å². The molecule has 0 spiro atoms. The Hall–Kier alpha value is -3.13.